The molecule has 1 aromatic carbocycles. The molecule has 1 heterocycles. The van der Waals surface area contributed by atoms with E-state index in [-0.39, 0.29) is 11.9 Å². The Kier molecular flexibility index (Phi) is 4.19. The van der Waals surface area contributed by atoms with Crippen molar-refractivity contribution in [2.75, 3.05) is 18.9 Å². The van der Waals surface area contributed by atoms with E-state index in [2.05, 4.69) is 18.7 Å². The van der Waals surface area contributed by atoms with Gasteiger partial charge in [0.15, 0.2) is 0 Å². The standard InChI is InChI=1S/C14H21FN2O/c1-3-13-9-18-10(2)7-17(13)8-11-4-5-12(15)6-14(11)16/h4-6,10,13H,3,7-9,16H2,1-2H3. The fraction of sp³-hybridized carbons (Fsp3) is 0.571. The van der Waals surface area contributed by atoms with Crippen molar-refractivity contribution in [1.29, 1.82) is 0 Å². The zero-order valence-electron chi connectivity index (χ0n) is 11.0. The third-order valence-corrected chi connectivity index (χ3v) is 3.53. The largest absolute Gasteiger partial charge is 0.398 e. The van der Waals surface area contributed by atoms with Gasteiger partial charge in [-0.3, -0.25) is 4.90 Å². The number of nitrogens with two attached hydrogens (primary N) is 1. The summed E-state index contributed by atoms with van der Waals surface area (Å²) in [6, 6.07) is 5.06. The summed E-state index contributed by atoms with van der Waals surface area (Å²) in [6.07, 6.45) is 1.29. The summed E-state index contributed by atoms with van der Waals surface area (Å²) in [5.41, 5.74) is 7.38. The Bertz CT molecular complexity index is 411. The van der Waals surface area contributed by atoms with Crippen LogP contribution in [0.15, 0.2) is 18.2 Å². The molecule has 4 heteroatoms. The minimum Gasteiger partial charge on any atom is -0.398 e. The number of ether oxygens (including phenoxy) is 1. The van der Waals surface area contributed by atoms with Gasteiger partial charge >= 0.3 is 0 Å². The number of morpholine rings is 1. The lowest BCUT2D eigenvalue weighted by molar-refractivity contribution is -0.0591. The monoisotopic (exact) mass is 252 g/mol. The van der Waals surface area contributed by atoms with Crippen LogP contribution in [0, 0.1) is 5.82 Å². The van der Waals surface area contributed by atoms with Crippen molar-refractivity contribution >= 4 is 5.69 Å². The van der Waals surface area contributed by atoms with Gasteiger partial charge in [-0.15, -0.1) is 0 Å². The molecule has 1 aliphatic rings. The first-order valence-electron chi connectivity index (χ1n) is 6.49. The van der Waals surface area contributed by atoms with Crippen LogP contribution in [-0.2, 0) is 11.3 Å². The van der Waals surface area contributed by atoms with Crippen LogP contribution in [0.2, 0.25) is 0 Å². The molecule has 0 bridgehead atoms. The Morgan fingerprint density at radius 3 is 2.94 bits per heavy atom. The molecule has 0 amide bonds. The van der Waals surface area contributed by atoms with Crippen LogP contribution in [0.1, 0.15) is 25.8 Å². The second kappa shape index (κ2) is 5.67. The van der Waals surface area contributed by atoms with Crippen molar-refractivity contribution in [3.63, 3.8) is 0 Å². The second-order valence-electron chi connectivity index (χ2n) is 4.98. The lowest BCUT2D eigenvalue weighted by Gasteiger charge is -2.38. The molecule has 18 heavy (non-hydrogen) atoms. The third-order valence-electron chi connectivity index (χ3n) is 3.53. The molecular formula is C14H21FN2O. The number of hydrogen-bond donors (Lipinski definition) is 1. The summed E-state index contributed by atoms with van der Waals surface area (Å²) in [4.78, 5) is 2.37. The SMILES string of the molecule is CCC1COC(C)CN1Cc1ccc(F)cc1N. The fourth-order valence-electron chi connectivity index (χ4n) is 2.41. The lowest BCUT2D eigenvalue weighted by Crippen LogP contribution is -2.47. The van der Waals surface area contributed by atoms with Crippen LogP contribution in [0.5, 0.6) is 0 Å². The van der Waals surface area contributed by atoms with Crippen molar-refractivity contribution in [1.82, 2.24) is 4.90 Å². The molecule has 100 valence electrons. The first kappa shape index (κ1) is 13.3. The van der Waals surface area contributed by atoms with E-state index in [0.717, 1.165) is 31.7 Å². The Morgan fingerprint density at radius 1 is 1.50 bits per heavy atom. The number of hydrogen-bond acceptors (Lipinski definition) is 3. The van der Waals surface area contributed by atoms with Gasteiger partial charge in [0, 0.05) is 24.8 Å². The summed E-state index contributed by atoms with van der Waals surface area (Å²) < 4.78 is 18.7. The number of halogens is 1. The molecule has 2 atom stereocenters. The highest BCUT2D eigenvalue weighted by atomic mass is 19.1. The van der Waals surface area contributed by atoms with Gasteiger partial charge in [0.2, 0.25) is 0 Å². The van der Waals surface area contributed by atoms with E-state index in [0.29, 0.717) is 11.7 Å². The van der Waals surface area contributed by atoms with Crippen LogP contribution < -0.4 is 5.73 Å². The van der Waals surface area contributed by atoms with Gasteiger partial charge in [-0.1, -0.05) is 13.0 Å². The minimum absolute atomic E-state index is 0.245. The maximum absolute atomic E-state index is 13.0. The molecule has 0 radical (unpaired) electrons. The number of rotatable bonds is 3. The van der Waals surface area contributed by atoms with E-state index < -0.39 is 0 Å². The van der Waals surface area contributed by atoms with Crippen molar-refractivity contribution in [2.45, 2.75) is 39.0 Å². The molecular weight excluding hydrogens is 231 g/mol. The highest BCUT2D eigenvalue weighted by Gasteiger charge is 2.25. The summed E-state index contributed by atoms with van der Waals surface area (Å²) in [5, 5.41) is 0. The van der Waals surface area contributed by atoms with Gasteiger partial charge in [0.1, 0.15) is 5.82 Å². The van der Waals surface area contributed by atoms with E-state index in [4.69, 9.17) is 10.5 Å². The second-order valence-corrected chi connectivity index (χ2v) is 4.98. The van der Waals surface area contributed by atoms with Gasteiger partial charge in [-0.2, -0.15) is 0 Å². The van der Waals surface area contributed by atoms with Gasteiger partial charge in [-0.05, 0) is 31.0 Å². The molecule has 2 N–H and O–H groups in total. The van der Waals surface area contributed by atoms with Gasteiger partial charge < -0.3 is 10.5 Å². The predicted molar refractivity (Wildman–Crippen MR) is 70.7 cm³/mol. The van der Waals surface area contributed by atoms with Crippen LogP contribution in [0.25, 0.3) is 0 Å². The minimum atomic E-state index is -0.279. The van der Waals surface area contributed by atoms with Crippen LogP contribution in [-0.4, -0.2) is 30.2 Å². The normalized spacial score (nSPS) is 25.3. The van der Waals surface area contributed by atoms with E-state index in [1.54, 1.807) is 6.07 Å². The average Bonchev–Trinajstić information content (AvgIpc) is 2.33. The molecule has 1 aliphatic heterocycles. The molecule has 0 aliphatic carbocycles. The highest BCUT2D eigenvalue weighted by molar-refractivity contribution is 5.46. The molecule has 1 saturated heterocycles. The van der Waals surface area contributed by atoms with Gasteiger partial charge in [0.05, 0.1) is 12.7 Å². The lowest BCUT2D eigenvalue weighted by atomic mass is 10.1. The number of anilines is 1. The van der Waals surface area contributed by atoms with E-state index >= 15 is 0 Å². The zero-order valence-corrected chi connectivity index (χ0v) is 11.0. The van der Waals surface area contributed by atoms with Crippen molar-refractivity contribution < 1.29 is 9.13 Å². The first-order chi connectivity index (χ1) is 8.60. The summed E-state index contributed by atoms with van der Waals surface area (Å²) in [7, 11) is 0. The number of nitrogens with zero attached hydrogens (tertiary/aromatic N) is 1. The van der Waals surface area contributed by atoms with Crippen molar-refractivity contribution in [3.8, 4) is 0 Å². The zero-order chi connectivity index (χ0) is 13.1. The van der Waals surface area contributed by atoms with Crippen molar-refractivity contribution in [3.05, 3.63) is 29.6 Å². The molecule has 2 rings (SSSR count). The molecule has 0 aromatic heterocycles. The van der Waals surface area contributed by atoms with Crippen LogP contribution >= 0.6 is 0 Å². The Balaban J connectivity index is 2.10. The summed E-state index contributed by atoms with van der Waals surface area (Å²) >= 11 is 0. The quantitative estimate of drug-likeness (QED) is 0.840. The summed E-state index contributed by atoms with van der Waals surface area (Å²) in [6.45, 7) is 6.66. The smallest absolute Gasteiger partial charge is 0.125 e. The van der Waals surface area contributed by atoms with Crippen LogP contribution in [0.4, 0.5) is 10.1 Å². The average molecular weight is 252 g/mol. The third kappa shape index (κ3) is 3.00. The highest BCUT2D eigenvalue weighted by Crippen LogP contribution is 2.21. The maximum atomic E-state index is 13.0. The fourth-order valence-corrected chi connectivity index (χ4v) is 2.41. The Labute approximate surface area is 108 Å². The number of benzene rings is 1. The van der Waals surface area contributed by atoms with Crippen molar-refractivity contribution in [2.24, 2.45) is 0 Å². The molecule has 3 nitrogen and oxygen atoms in total. The predicted octanol–water partition coefficient (Wildman–Crippen LogP) is 2.41. The molecule has 2 unspecified atom stereocenters. The molecule has 0 saturated carbocycles. The topological polar surface area (TPSA) is 38.5 Å². The van der Waals surface area contributed by atoms with Gasteiger partial charge in [0.25, 0.3) is 0 Å². The van der Waals surface area contributed by atoms with E-state index in [1.165, 1.54) is 12.1 Å². The number of nitrogen functional groups attached to an aromatic ring is 1. The van der Waals surface area contributed by atoms with Crippen LogP contribution in [0.3, 0.4) is 0 Å². The van der Waals surface area contributed by atoms with E-state index in [1.807, 2.05) is 0 Å². The maximum Gasteiger partial charge on any atom is 0.125 e. The molecule has 0 spiro atoms. The molecule has 1 fully saturated rings. The Hall–Kier alpha value is -1.13. The summed E-state index contributed by atoms with van der Waals surface area (Å²) in [5.74, 6) is -0.279. The van der Waals surface area contributed by atoms with E-state index in [9.17, 15) is 4.39 Å². The van der Waals surface area contributed by atoms with Gasteiger partial charge in [-0.25, -0.2) is 4.39 Å². The molecule has 1 aromatic rings. The Morgan fingerprint density at radius 2 is 2.28 bits per heavy atom. The first-order valence-corrected chi connectivity index (χ1v) is 6.49.